The van der Waals surface area contributed by atoms with Gasteiger partial charge in [0.15, 0.2) is 0 Å². The van der Waals surface area contributed by atoms with E-state index in [9.17, 15) is 4.79 Å². The number of benzene rings is 2. The molecule has 0 bridgehead atoms. The lowest BCUT2D eigenvalue weighted by molar-refractivity contribution is -0.131. The lowest BCUT2D eigenvalue weighted by Gasteiger charge is -2.25. The van der Waals surface area contributed by atoms with Crippen molar-refractivity contribution >= 4 is 21.8 Å². The van der Waals surface area contributed by atoms with Gasteiger partial charge in [0, 0.05) is 11.5 Å². The summed E-state index contributed by atoms with van der Waals surface area (Å²) in [5.74, 6) is 0.180. The van der Waals surface area contributed by atoms with Crippen LogP contribution in [0.15, 0.2) is 53.0 Å². The molecule has 0 aromatic heterocycles. The van der Waals surface area contributed by atoms with Crippen molar-refractivity contribution in [1.82, 2.24) is 4.90 Å². The van der Waals surface area contributed by atoms with Crippen LogP contribution in [0.5, 0.6) is 0 Å². The molecule has 0 saturated heterocycles. The van der Waals surface area contributed by atoms with Gasteiger partial charge in [-0.15, -0.1) is 0 Å². The molecule has 21 heavy (non-hydrogen) atoms. The van der Waals surface area contributed by atoms with Gasteiger partial charge in [-0.25, -0.2) is 0 Å². The maximum absolute atomic E-state index is 12.5. The van der Waals surface area contributed by atoms with Gasteiger partial charge in [0.1, 0.15) is 0 Å². The standard InChI is InChI=1S/C18H18BrNO/c1-20(17-11-8-14-4-2-3-5-16(14)17)18(21)12-13-6-9-15(19)10-7-13/h2-7,9-10,17H,8,11-12H2,1H3/t17-/m1/s1. The van der Waals surface area contributed by atoms with E-state index in [2.05, 4.69) is 40.2 Å². The minimum absolute atomic E-state index is 0.180. The first-order valence-corrected chi connectivity index (χ1v) is 8.02. The van der Waals surface area contributed by atoms with Crippen LogP contribution >= 0.6 is 15.9 Å². The predicted octanol–water partition coefficient (Wildman–Crippen LogP) is 4.14. The zero-order valence-corrected chi connectivity index (χ0v) is 13.6. The van der Waals surface area contributed by atoms with E-state index >= 15 is 0 Å². The van der Waals surface area contributed by atoms with E-state index in [-0.39, 0.29) is 11.9 Å². The number of fused-ring (bicyclic) bond motifs is 1. The molecule has 0 aliphatic heterocycles. The molecule has 3 heteroatoms. The van der Waals surface area contributed by atoms with Crippen LogP contribution < -0.4 is 0 Å². The summed E-state index contributed by atoms with van der Waals surface area (Å²) in [4.78, 5) is 14.4. The Hall–Kier alpha value is -1.61. The second kappa shape index (κ2) is 6.02. The second-order valence-corrected chi connectivity index (χ2v) is 6.48. The average molecular weight is 344 g/mol. The van der Waals surface area contributed by atoms with Crippen LogP contribution in [0.2, 0.25) is 0 Å². The summed E-state index contributed by atoms with van der Waals surface area (Å²) in [6.45, 7) is 0. The van der Waals surface area contributed by atoms with Gasteiger partial charge in [-0.2, -0.15) is 0 Å². The van der Waals surface area contributed by atoms with Gasteiger partial charge < -0.3 is 4.90 Å². The van der Waals surface area contributed by atoms with E-state index in [0.29, 0.717) is 6.42 Å². The zero-order chi connectivity index (χ0) is 14.8. The Morgan fingerprint density at radius 2 is 1.90 bits per heavy atom. The summed E-state index contributed by atoms with van der Waals surface area (Å²) in [6.07, 6.45) is 2.56. The van der Waals surface area contributed by atoms with Crippen LogP contribution in [0.1, 0.15) is 29.2 Å². The Morgan fingerprint density at radius 3 is 2.67 bits per heavy atom. The highest BCUT2D eigenvalue weighted by molar-refractivity contribution is 9.10. The minimum atomic E-state index is 0.180. The van der Waals surface area contributed by atoms with Gasteiger partial charge in [0.05, 0.1) is 12.5 Å². The summed E-state index contributed by atoms with van der Waals surface area (Å²) < 4.78 is 1.04. The van der Waals surface area contributed by atoms with Crippen molar-refractivity contribution in [3.05, 3.63) is 69.7 Å². The topological polar surface area (TPSA) is 20.3 Å². The lowest BCUT2D eigenvalue weighted by Crippen LogP contribution is -2.31. The van der Waals surface area contributed by atoms with Crippen LogP contribution in [-0.4, -0.2) is 17.9 Å². The molecule has 108 valence electrons. The SMILES string of the molecule is CN(C(=O)Cc1ccc(Br)cc1)[C@@H]1CCc2ccccc21. The van der Waals surface area contributed by atoms with Crippen molar-refractivity contribution in [1.29, 1.82) is 0 Å². The fraction of sp³-hybridized carbons (Fsp3) is 0.278. The highest BCUT2D eigenvalue weighted by Crippen LogP contribution is 2.35. The molecule has 2 aromatic carbocycles. The maximum atomic E-state index is 12.5. The van der Waals surface area contributed by atoms with Crippen LogP contribution in [0.3, 0.4) is 0 Å². The summed E-state index contributed by atoms with van der Waals surface area (Å²) in [7, 11) is 1.92. The van der Waals surface area contributed by atoms with Crippen molar-refractivity contribution in [3.8, 4) is 0 Å². The average Bonchev–Trinajstić information content (AvgIpc) is 2.92. The monoisotopic (exact) mass is 343 g/mol. The van der Waals surface area contributed by atoms with Crippen LogP contribution in [0.4, 0.5) is 0 Å². The summed E-state index contributed by atoms with van der Waals surface area (Å²) >= 11 is 3.42. The molecule has 1 amide bonds. The van der Waals surface area contributed by atoms with Gasteiger partial charge in [0.2, 0.25) is 5.91 Å². The van der Waals surface area contributed by atoms with Crippen molar-refractivity contribution < 1.29 is 4.79 Å². The predicted molar refractivity (Wildman–Crippen MR) is 88.1 cm³/mol. The molecule has 0 radical (unpaired) electrons. The lowest BCUT2D eigenvalue weighted by atomic mass is 10.1. The number of halogens is 1. The molecular weight excluding hydrogens is 326 g/mol. The molecule has 1 aliphatic rings. The van der Waals surface area contributed by atoms with E-state index in [1.807, 2.05) is 36.2 Å². The molecule has 0 heterocycles. The number of aryl methyl sites for hydroxylation is 1. The highest BCUT2D eigenvalue weighted by Gasteiger charge is 2.28. The van der Waals surface area contributed by atoms with Crippen molar-refractivity contribution in [2.24, 2.45) is 0 Å². The van der Waals surface area contributed by atoms with Crippen molar-refractivity contribution in [3.63, 3.8) is 0 Å². The summed E-state index contributed by atoms with van der Waals surface area (Å²) in [5.41, 5.74) is 3.75. The summed E-state index contributed by atoms with van der Waals surface area (Å²) in [5, 5.41) is 0. The van der Waals surface area contributed by atoms with Crippen molar-refractivity contribution in [2.45, 2.75) is 25.3 Å². The van der Waals surface area contributed by atoms with Crippen molar-refractivity contribution in [2.75, 3.05) is 7.05 Å². The molecule has 0 saturated carbocycles. The minimum Gasteiger partial charge on any atom is -0.338 e. The van der Waals surface area contributed by atoms with Crippen LogP contribution in [-0.2, 0) is 17.6 Å². The molecule has 3 rings (SSSR count). The first kappa shape index (κ1) is 14.3. The molecule has 0 unspecified atom stereocenters. The van der Waals surface area contributed by atoms with Gasteiger partial charge in [-0.1, -0.05) is 52.3 Å². The van der Waals surface area contributed by atoms with Gasteiger partial charge in [-0.3, -0.25) is 4.79 Å². The van der Waals surface area contributed by atoms with Crippen LogP contribution in [0, 0.1) is 0 Å². The van der Waals surface area contributed by atoms with E-state index in [4.69, 9.17) is 0 Å². The van der Waals surface area contributed by atoms with Gasteiger partial charge >= 0.3 is 0 Å². The Bertz CT molecular complexity index is 651. The maximum Gasteiger partial charge on any atom is 0.227 e. The molecule has 1 aliphatic carbocycles. The van der Waals surface area contributed by atoms with E-state index < -0.39 is 0 Å². The molecule has 2 nitrogen and oxygen atoms in total. The van der Waals surface area contributed by atoms with Gasteiger partial charge in [0.25, 0.3) is 0 Å². The Morgan fingerprint density at radius 1 is 1.19 bits per heavy atom. The molecule has 2 aromatic rings. The number of carbonyl (C=O) groups excluding carboxylic acids is 1. The number of hydrogen-bond donors (Lipinski definition) is 0. The number of nitrogens with zero attached hydrogens (tertiary/aromatic N) is 1. The third-order valence-electron chi connectivity index (χ3n) is 4.23. The second-order valence-electron chi connectivity index (χ2n) is 5.56. The summed E-state index contributed by atoms with van der Waals surface area (Å²) in [6, 6.07) is 16.6. The smallest absolute Gasteiger partial charge is 0.227 e. The quantitative estimate of drug-likeness (QED) is 0.820. The van der Waals surface area contributed by atoms with Crippen LogP contribution in [0.25, 0.3) is 0 Å². The Balaban J connectivity index is 1.72. The molecule has 1 atom stereocenters. The first-order chi connectivity index (χ1) is 10.1. The molecule has 0 spiro atoms. The third kappa shape index (κ3) is 3.03. The largest absolute Gasteiger partial charge is 0.338 e. The number of amides is 1. The molecule has 0 N–H and O–H groups in total. The number of rotatable bonds is 3. The number of carbonyl (C=O) groups is 1. The highest BCUT2D eigenvalue weighted by atomic mass is 79.9. The molecular formula is C18H18BrNO. The van der Waals surface area contributed by atoms with E-state index in [1.54, 1.807) is 0 Å². The molecule has 0 fully saturated rings. The Kier molecular flexibility index (Phi) is 4.11. The first-order valence-electron chi connectivity index (χ1n) is 7.23. The van der Waals surface area contributed by atoms with Gasteiger partial charge in [-0.05, 0) is 41.7 Å². The number of likely N-dealkylation sites (N-methyl/N-ethyl adjacent to an activating group) is 1. The number of hydrogen-bond acceptors (Lipinski definition) is 1. The zero-order valence-electron chi connectivity index (χ0n) is 12.1. The normalized spacial score (nSPS) is 16.6. The fourth-order valence-electron chi connectivity index (χ4n) is 3.01. The van der Waals surface area contributed by atoms with E-state index in [1.165, 1.54) is 11.1 Å². The van der Waals surface area contributed by atoms with E-state index in [0.717, 1.165) is 22.9 Å². The Labute approximate surface area is 133 Å². The fourth-order valence-corrected chi connectivity index (χ4v) is 3.28. The third-order valence-corrected chi connectivity index (χ3v) is 4.76.